The van der Waals surface area contributed by atoms with Crippen molar-refractivity contribution in [3.8, 4) is 11.5 Å². The van der Waals surface area contributed by atoms with Crippen molar-refractivity contribution in [2.45, 2.75) is 54.9 Å². The number of rotatable bonds is 5. The van der Waals surface area contributed by atoms with Crippen molar-refractivity contribution in [1.29, 1.82) is 0 Å². The van der Waals surface area contributed by atoms with E-state index in [1.54, 1.807) is 28.4 Å². The summed E-state index contributed by atoms with van der Waals surface area (Å²) in [7, 11) is 1.83. The summed E-state index contributed by atoms with van der Waals surface area (Å²) >= 11 is 1.60. The molecule has 5 atom stereocenters. The van der Waals surface area contributed by atoms with E-state index in [0.29, 0.717) is 31.4 Å². The summed E-state index contributed by atoms with van der Waals surface area (Å²) in [5.41, 5.74) is 1.47. The van der Waals surface area contributed by atoms with Gasteiger partial charge in [-0.3, -0.25) is 9.69 Å². The lowest BCUT2D eigenvalue weighted by Gasteiger charge is -2.64. The van der Waals surface area contributed by atoms with Gasteiger partial charge in [-0.15, -0.1) is 6.58 Å². The number of carbonyl (C=O) groups excluding carboxylic acids is 1. The molecular weight excluding hydrogens is 448 g/mol. The fourth-order valence-electron chi connectivity index (χ4n) is 7.20. The minimum absolute atomic E-state index is 0.0474. The summed E-state index contributed by atoms with van der Waals surface area (Å²) in [6.07, 6.45) is 7.59. The molecule has 1 aromatic heterocycles. The van der Waals surface area contributed by atoms with Gasteiger partial charge in [0.15, 0.2) is 11.5 Å². The number of nitrogens with zero attached hydrogens (tertiary/aromatic N) is 2. The first-order chi connectivity index (χ1) is 16.4. The summed E-state index contributed by atoms with van der Waals surface area (Å²) in [4.78, 5) is 17.3. The van der Waals surface area contributed by atoms with Crippen LogP contribution in [0.4, 0.5) is 0 Å². The maximum atomic E-state index is 13.2. The standard InChI is InChI=1S/C27H30N2O4S/c1-3-12-29-13-11-26-23-18-5-6-20(30)24(23)33-25(26)19(8-10-27(26,32)21(29)15-18)28(2)22(31)7-4-17-9-14-34-16-17/h3-7,9,14,16,19,21,25,30,32H,1,8,10-13,15H2,2H3/b7-4+/t19-,21+,25-,26-,27+/m0/s1. The predicted molar refractivity (Wildman–Crippen MR) is 132 cm³/mol. The fourth-order valence-corrected chi connectivity index (χ4v) is 7.83. The summed E-state index contributed by atoms with van der Waals surface area (Å²) in [6, 6.07) is 5.41. The fraction of sp³-hybridized carbons (Fsp3) is 0.444. The monoisotopic (exact) mass is 478 g/mol. The van der Waals surface area contributed by atoms with Crippen LogP contribution in [-0.2, 0) is 16.6 Å². The molecule has 2 fully saturated rings. The zero-order valence-corrected chi connectivity index (χ0v) is 20.1. The lowest BCUT2D eigenvalue weighted by molar-refractivity contribution is -0.198. The van der Waals surface area contributed by atoms with E-state index in [9.17, 15) is 15.0 Å². The summed E-state index contributed by atoms with van der Waals surface area (Å²) in [5.74, 6) is 0.526. The first-order valence-corrected chi connectivity index (χ1v) is 12.9. The van der Waals surface area contributed by atoms with Gasteiger partial charge in [-0.1, -0.05) is 12.1 Å². The molecule has 178 valence electrons. The van der Waals surface area contributed by atoms with E-state index in [2.05, 4.69) is 11.5 Å². The maximum absolute atomic E-state index is 13.2. The van der Waals surface area contributed by atoms with Gasteiger partial charge in [-0.25, -0.2) is 0 Å². The van der Waals surface area contributed by atoms with Gasteiger partial charge in [0.05, 0.1) is 17.1 Å². The zero-order chi connectivity index (χ0) is 23.7. The lowest BCUT2D eigenvalue weighted by Crippen LogP contribution is -2.78. The second-order valence-corrected chi connectivity index (χ2v) is 10.9. The van der Waals surface area contributed by atoms with Crippen LogP contribution in [0.25, 0.3) is 6.08 Å². The Morgan fingerprint density at radius 2 is 2.24 bits per heavy atom. The lowest BCUT2D eigenvalue weighted by atomic mass is 9.48. The summed E-state index contributed by atoms with van der Waals surface area (Å²) in [5, 5.41) is 27.1. The third-order valence-corrected chi connectivity index (χ3v) is 9.41. The normalized spacial score (nSPS) is 33.4. The van der Waals surface area contributed by atoms with Crippen LogP contribution >= 0.6 is 11.3 Å². The van der Waals surface area contributed by atoms with E-state index in [-0.39, 0.29) is 23.7 Å². The van der Waals surface area contributed by atoms with Crippen LogP contribution in [0.3, 0.4) is 0 Å². The molecule has 3 heterocycles. The van der Waals surface area contributed by atoms with Crippen molar-refractivity contribution < 1.29 is 19.7 Å². The van der Waals surface area contributed by atoms with E-state index in [4.69, 9.17) is 4.74 Å². The molecule has 4 aliphatic rings. The van der Waals surface area contributed by atoms with Crippen LogP contribution in [0.1, 0.15) is 36.0 Å². The highest BCUT2D eigenvalue weighted by molar-refractivity contribution is 7.08. The number of ether oxygens (including phenoxy) is 1. The Kier molecular flexibility index (Phi) is 4.96. The number of benzene rings is 1. The Morgan fingerprint density at radius 1 is 1.38 bits per heavy atom. The molecule has 2 aliphatic heterocycles. The molecule has 6 rings (SSSR count). The molecule has 6 nitrogen and oxygen atoms in total. The van der Waals surface area contributed by atoms with Crippen molar-refractivity contribution in [3.63, 3.8) is 0 Å². The molecule has 1 spiro atoms. The highest BCUT2D eigenvalue weighted by atomic mass is 32.1. The van der Waals surface area contributed by atoms with Crippen molar-refractivity contribution in [2.24, 2.45) is 0 Å². The van der Waals surface area contributed by atoms with Gasteiger partial charge in [0.1, 0.15) is 6.10 Å². The third-order valence-electron chi connectivity index (χ3n) is 8.71. The van der Waals surface area contributed by atoms with E-state index < -0.39 is 17.1 Å². The quantitative estimate of drug-likeness (QED) is 0.510. The van der Waals surface area contributed by atoms with Crippen molar-refractivity contribution in [1.82, 2.24) is 9.80 Å². The Hall–Kier alpha value is -2.61. The summed E-state index contributed by atoms with van der Waals surface area (Å²) in [6.45, 7) is 5.47. The highest BCUT2D eigenvalue weighted by Gasteiger charge is 2.73. The largest absolute Gasteiger partial charge is 0.504 e. The molecule has 2 aliphatic carbocycles. The number of phenols is 1. The van der Waals surface area contributed by atoms with Gasteiger partial charge in [-0.05, 0) is 72.3 Å². The van der Waals surface area contributed by atoms with Gasteiger partial charge in [0, 0.05) is 31.3 Å². The third kappa shape index (κ3) is 2.78. The van der Waals surface area contributed by atoms with Crippen molar-refractivity contribution in [2.75, 3.05) is 20.1 Å². The van der Waals surface area contributed by atoms with Crippen LogP contribution in [0, 0.1) is 0 Å². The Balaban J connectivity index is 1.41. The molecule has 1 saturated heterocycles. The number of aliphatic hydroxyl groups is 1. The first kappa shape index (κ1) is 21.9. The van der Waals surface area contributed by atoms with Crippen LogP contribution in [0.5, 0.6) is 11.5 Å². The van der Waals surface area contributed by atoms with Gasteiger partial charge >= 0.3 is 0 Å². The van der Waals surface area contributed by atoms with Gasteiger partial charge in [0.2, 0.25) is 5.91 Å². The Morgan fingerprint density at radius 3 is 3.00 bits per heavy atom. The molecule has 34 heavy (non-hydrogen) atoms. The second kappa shape index (κ2) is 7.70. The van der Waals surface area contributed by atoms with E-state index >= 15 is 0 Å². The molecule has 1 amide bonds. The summed E-state index contributed by atoms with van der Waals surface area (Å²) < 4.78 is 6.54. The number of likely N-dealkylation sites (N-methyl/N-ethyl adjacent to an activating group) is 1. The average molecular weight is 479 g/mol. The molecule has 0 unspecified atom stereocenters. The van der Waals surface area contributed by atoms with Crippen LogP contribution in [0.15, 0.2) is 47.7 Å². The molecule has 0 radical (unpaired) electrons. The Bertz CT molecular complexity index is 1180. The molecule has 2 aromatic rings. The minimum atomic E-state index is -0.988. The number of carbonyl (C=O) groups is 1. The molecule has 2 bridgehead atoms. The number of aromatic hydroxyl groups is 1. The zero-order valence-electron chi connectivity index (χ0n) is 19.3. The number of hydrogen-bond donors (Lipinski definition) is 2. The smallest absolute Gasteiger partial charge is 0.246 e. The number of piperidine rings is 1. The number of amides is 1. The predicted octanol–water partition coefficient (Wildman–Crippen LogP) is 3.33. The van der Waals surface area contributed by atoms with E-state index in [1.807, 2.05) is 42.1 Å². The highest BCUT2D eigenvalue weighted by Crippen LogP contribution is 2.65. The average Bonchev–Trinajstić information content (AvgIpc) is 3.46. The Labute approximate surface area is 203 Å². The topological polar surface area (TPSA) is 73.2 Å². The van der Waals surface area contributed by atoms with Gasteiger partial charge in [-0.2, -0.15) is 11.3 Å². The first-order valence-electron chi connectivity index (χ1n) is 12.0. The maximum Gasteiger partial charge on any atom is 0.246 e. The minimum Gasteiger partial charge on any atom is -0.504 e. The van der Waals surface area contributed by atoms with Crippen molar-refractivity contribution >= 4 is 23.3 Å². The number of hydrogen-bond acceptors (Lipinski definition) is 6. The van der Waals surface area contributed by atoms with Crippen LogP contribution in [0.2, 0.25) is 0 Å². The van der Waals surface area contributed by atoms with Crippen molar-refractivity contribution in [3.05, 3.63) is 64.4 Å². The SMILES string of the molecule is C=CCN1CC[C@]23c4c5ccc(O)c4O[C@H]2[C@@H](N(C)C(=O)/C=C/c2ccsc2)CC[C@@]3(O)[C@H]1C5. The van der Waals surface area contributed by atoms with Gasteiger partial charge < -0.3 is 19.8 Å². The van der Waals surface area contributed by atoms with Crippen LogP contribution < -0.4 is 4.74 Å². The van der Waals surface area contributed by atoms with E-state index in [1.165, 1.54) is 0 Å². The van der Waals surface area contributed by atoms with Gasteiger partial charge in [0.25, 0.3) is 0 Å². The number of phenolic OH excluding ortho intramolecular Hbond substituents is 1. The number of likely N-dealkylation sites (tertiary alicyclic amines) is 1. The molecule has 1 saturated carbocycles. The molecule has 1 aromatic carbocycles. The second-order valence-electron chi connectivity index (χ2n) is 10.1. The van der Waals surface area contributed by atoms with Crippen LogP contribution in [-0.4, -0.2) is 69.8 Å². The van der Waals surface area contributed by atoms with E-state index in [0.717, 1.165) is 29.8 Å². The number of thiophene rings is 1. The molecule has 2 N–H and O–H groups in total. The molecule has 7 heteroatoms. The molecular formula is C27H30N2O4S.